The molecule has 1 fully saturated rings. The zero-order valence-electron chi connectivity index (χ0n) is 10.1. The van der Waals surface area contributed by atoms with Gasteiger partial charge in [-0.3, -0.25) is 4.79 Å². The number of hydrogen-bond acceptors (Lipinski definition) is 2. The summed E-state index contributed by atoms with van der Waals surface area (Å²) >= 11 is 0. The first-order valence-electron chi connectivity index (χ1n) is 6.19. The largest absolute Gasteiger partial charge is 0.356 e. The number of unbranched alkanes of at least 4 members (excludes halogenated alkanes) is 1. The predicted octanol–water partition coefficient (Wildman–Crippen LogP) is 1.63. The molecule has 1 aliphatic rings. The van der Waals surface area contributed by atoms with Gasteiger partial charge in [0.2, 0.25) is 5.91 Å². The van der Waals surface area contributed by atoms with Crippen molar-refractivity contribution >= 4 is 5.91 Å². The van der Waals surface area contributed by atoms with E-state index in [1.165, 1.54) is 45.3 Å². The fourth-order valence-electron chi connectivity index (χ4n) is 2.08. The highest BCUT2D eigenvalue weighted by molar-refractivity contribution is 5.72. The SMILES string of the molecule is CCCCN1CCC(CNC(C)=O)CC1. The fourth-order valence-corrected chi connectivity index (χ4v) is 2.08. The molecule has 1 N–H and O–H groups in total. The van der Waals surface area contributed by atoms with E-state index >= 15 is 0 Å². The molecular weight excluding hydrogens is 188 g/mol. The number of carbonyl (C=O) groups excluding carboxylic acids is 1. The Kier molecular flexibility index (Phi) is 5.69. The van der Waals surface area contributed by atoms with E-state index < -0.39 is 0 Å². The first kappa shape index (κ1) is 12.5. The predicted molar refractivity (Wildman–Crippen MR) is 62.8 cm³/mol. The van der Waals surface area contributed by atoms with E-state index in [9.17, 15) is 4.79 Å². The Labute approximate surface area is 93.2 Å². The van der Waals surface area contributed by atoms with Crippen molar-refractivity contribution in [3.05, 3.63) is 0 Å². The van der Waals surface area contributed by atoms with E-state index in [0.717, 1.165) is 6.54 Å². The number of rotatable bonds is 5. The van der Waals surface area contributed by atoms with Crippen molar-refractivity contribution in [2.45, 2.75) is 39.5 Å². The smallest absolute Gasteiger partial charge is 0.216 e. The van der Waals surface area contributed by atoms with E-state index in [2.05, 4.69) is 17.1 Å². The molecule has 3 nitrogen and oxygen atoms in total. The lowest BCUT2D eigenvalue weighted by Crippen LogP contribution is -2.38. The van der Waals surface area contributed by atoms with Crippen LogP contribution in [0, 0.1) is 5.92 Å². The summed E-state index contributed by atoms with van der Waals surface area (Å²) in [7, 11) is 0. The molecule has 0 bridgehead atoms. The maximum absolute atomic E-state index is 10.8. The Morgan fingerprint density at radius 1 is 1.40 bits per heavy atom. The zero-order valence-corrected chi connectivity index (χ0v) is 10.1. The van der Waals surface area contributed by atoms with Crippen molar-refractivity contribution < 1.29 is 4.79 Å². The summed E-state index contributed by atoms with van der Waals surface area (Å²) in [5, 5.41) is 2.92. The third kappa shape index (κ3) is 5.17. The number of amides is 1. The molecule has 0 atom stereocenters. The van der Waals surface area contributed by atoms with Crippen molar-refractivity contribution in [3.8, 4) is 0 Å². The van der Waals surface area contributed by atoms with Crippen molar-refractivity contribution in [2.24, 2.45) is 5.92 Å². The second-order valence-electron chi connectivity index (χ2n) is 4.58. The zero-order chi connectivity index (χ0) is 11.1. The molecule has 1 rings (SSSR count). The monoisotopic (exact) mass is 212 g/mol. The van der Waals surface area contributed by atoms with Crippen LogP contribution in [0.25, 0.3) is 0 Å². The highest BCUT2D eigenvalue weighted by atomic mass is 16.1. The van der Waals surface area contributed by atoms with Crippen LogP contribution in [0.3, 0.4) is 0 Å². The molecule has 1 heterocycles. The lowest BCUT2D eigenvalue weighted by molar-refractivity contribution is -0.119. The van der Waals surface area contributed by atoms with E-state index in [-0.39, 0.29) is 5.91 Å². The molecule has 0 unspecified atom stereocenters. The molecule has 1 aliphatic heterocycles. The topological polar surface area (TPSA) is 32.3 Å². The van der Waals surface area contributed by atoms with Crippen LogP contribution in [-0.4, -0.2) is 37.0 Å². The van der Waals surface area contributed by atoms with Gasteiger partial charge in [0, 0.05) is 13.5 Å². The van der Waals surface area contributed by atoms with Gasteiger partial charge < -0.3 is 10.2 Å². The normalized spacial score (nSPS) is 19.1. The molecule has 88 valence electrons. The first-order chi connectivity index (χ1) is 7.22. The van der Waals surface area contributed by atoms with Gasteiger partial charge in [-0.15, -0.1) is 0 Å². The number of hydrogen-bond donors (Lipinski definition) is 1. The lowest BCUT2D eigenvalue weighted by atomic mass is 9.96. The van der Waals surface area contributed by atoms with Crippen LogP contribution in [0.1, 0.15) is 39.5 Å². The highest BCUT2D eigenvalue weighted by Gasteiger charge is 2.18. The number of carbonyl (C=O) groups is 1. The number of nitrogens with one attached hydrogen (secondary N) is 1. The van der Waals surface area contributed by atoms with Gasteiger partial charge in [0.15, 0.2) is 0 Å². The van der Waals surface area contributed by atoms with E-state index in [1.807, 2.05) is 0 Å². The van der Waals surface area contributed by atoms with Crippen molar-refractivity contribution in [3.63, 3.8) is 0 Å². The van der Waals surface area contributed by atoms with Crippen LogP contribution in [0.5, 0.6) is 0 Å². The van der Waals surface area contributed by atoms with Crippen molar-refractivity contribution in [1.29, 1.82) is 0 Å². The maximum Gasteiger partial charge on any atom is 0.216 e. The van der Waals surface area contributed by atoms with Crippen molar-refractivity contribution in [1.82, 2.24) is 10.2 Å². The molecule has 0 aromatic rings. The van der Waals surface area contributed by atoms with Gasteiger partial charge in [-0.2, -0.15) is 0 Å². The molecule has 0 aromatic carbocycles. The van der Waals surface area contributed by atoms with Gasteiger partial charge in [0.05, 0.1) is 0 Å². The Hall–Kier alpha value is -0.570. The van der Waals surface area contributed by atoms with Crippen LogP contribution in [-0.2, 0) is 4.79 Å². The van der Waals surface area contributed by atoms with Gasteiger partial charge >= 0.3 is 0 Å². The summed E-state index contributed by atoms with van der Waals surface area (Å²) < 4.78 is 0. The summed E-state index contributed by atoms with van der Waals surface area (Å²) in [6, 6.07) is 0. The van der Waals surface area contributed by atoms with E-state index in [4.69, 9.17) is 0 Å². The van der Waals surface area contributed by atoms with Gasteiger partial charge in [-0.1, -0.05) is 13.3 Å². The summed E-state index contributed by atoms with van der Waals surface area (Å²) in [5.41, 5.74) is 0. The van der Waals surface area contributed by atoms with Gasteiger partial charge in [0.1, 0.15) is 0 Å². The summed E-state index contributed by atoms with van der Waals surface area (Å²) in [5.74, 6) is 0.801. The minimum atomic E-state index is 0.100. The fraction of sp³-hybridized carbons (Fsp3) is 0.917. The van der Waals surface area contributed by atoms with Gasteiger partial charge in [-0.05, 0) is 44.8 Å². The third-order valence-corrected chi connectivity index (χ3v) is 3.17. The van der Waals surface area contributed by atoms with E-state index in [0.29, 0.717) is 5.92 Å². The summed E-state index contributed by atoms with van der Waals surface area (Å²) in [4.78, 5) is 13.3. The Bertz CT molecular complexity index is 186. The molecule has 0 aliphatic carbocycles. The molecule has 1 saturated heterocycles. The summed E-state index contributed by atoms with van der Waals surface area (Å²) in [6.45, 7) is 8.38. The van der Waals surface area contributed by atoms with Gasteiger partial charge in [-0.25, -0.2) is 0 Å². The average molecular weight is 212 g/mol. The third-order valence-electron chi connectivity index (χ3n) is 3.17. The van der Waals surface area contributed by atoms with Crippen LogP contribution in [0.15, 0.2) is 0 Å². The molecule has 1 amide bonds. The molecule has 0 radical (unpaired) electrons. The lowest BCUT2D eigenvalue weighted by Gasteiger charge is -2.31. The minimum Gasteiger partial charge on any atom is -0.356 e. The Balaban J connectivity index is 2.09. The number of nitrogens with zero attached hydrogens (tertiary/aromatic N) is 1. The van der Waals surface area contributed by atoms with Crippen LogP contribution >= 0.6 is 0 Å². The molecule has 0 aromatic heterocycles. The average Bonchev–Trinajstić information content (AvgIpc) is 2.25. The molecular formula is C12H24N2O. The quantitative estimate of drug-likeness (QED) is 0.751. The standard InChI is InChI=1S/C12H24N2O/c1-3-4-7-14-8-5-12(6-9-14)10-13-11(2)15/h12H,3-10H2,1-2H3,(H,13,15). The minimum absolute atomic E-state index is 0.100. The Morgan fingerprint density at radius 3 is 2.60 bits per heavy atom. The van der Waals surface area contributed by atoms with Crippen LogP contribution in [0.4, 0.5) is 0 Å². The van der Waals surface area contributed by atoms with Crippen LogP contribution < -0.4 is 5.32 Å². The summed E-state index contributed by atoms with van der Waals surface area (Å²) in [6.07, 6.45) is 5.08. The maximum atomic E-state index is 10.8. The Morgan fingerprint density at radius 2 is 2.07 bits per heavy atom. The molecule has 3 heteroatoms. The van der Waals surface area contributed by atoms with Crippen LogP contribution in [0.2, 0.25) is 0 Å². The molecule has 0 spiro atoms. The molecule has 15 heavy (non-hydrogen) atoms. The second kappa shape index (κ2) is 6.83. The first-order valence-corrected chi connectivity index (χ1v) is 6.19. The van der Waals surface area contributed by atoms with E-state index in [1.54, 1.807) is 6.92 Å². The highest BCUT2D eigenvalue weighted by Crippen LogP contribution is 2.16. The second-order valence-corrected chi connectivity index (χ2v) is 4.58. The van der Waals surface area contributed by atoms with Gasteiger partial charge in [0.25, 0.3) is 0 Å². The molecule has 0 saturated carbocycles. The number of likely N-dealkylation sites (tertiary alicyclic amines) is 1. The van der Waals surface area contributed by atoms with Crippen molar-refractivity contribution in [2.75, 3.05) is 26.2 Å². The number of piperidine rings is 1.